The predicted octanol–water partition coefficient (Wildman–Crippen LogP) is 2.67. The number of hydrogen-bond acceptors (Lipinski definition) is 6. The van der Waals surface area contributed by atoms with Crippen LogP contribution in [0.1, 0.15) is 86.1 Å². The van der Waals surface area contributed by atoms with E-state index in [1.54, 1.807) is 25.4 Å². The maximum Gasteiger partial charge on any atom is 0.251 e. The molecule has 0 saturated carbocycles. The van der Waals surface area contributed by atoms with Gasteiger partial charge in [0.25, 0.3) is 5.91 Å². The molecule has 4 atom stereocenters. The summed E-state index contributed by atoms with van der Waals surface area (Å²) < 4.78 is 0. The van der Waals surface area contributed by atoms with Gasteiger partial charge < -0.3 is 26.6 Å². The Bertz CT molecular complexity index is 1280. The molecule has 11 heteroatoms. The molecule has 11 nitrogen and oxygen atoms in total. The van der Waals surface area contributed by atoms with Gasteiger partial charge in [-0.25, -0.2) is 0 Å². The van der Waals surface area contributed by atoms with Gasteiger partial charge in [0.1, 0.15) is 11.9 Å². The molecule has 6 N–H and O–H groups in total. The lowest BCUT2D eigenvalue weighted by atomic mass is 9.91. The second kappa shape index (κ2) is 19.7. The molecule has 0 fully saturated rings. The van der Waals surface area contributed by atoms with E-state index >= 15 is 0 Å². The normalized spacial score (nSPS) is 17.0. The van der Waals surface area contributed by atoms with Crippen molar-refractivity contribution < 1.29 is 24.5 Å². The van der Waals surface area contributed by atoms with Crippen LogP contribution >= 0.6 is 0 Å². The Hall–Kier alpha value is -3.86. The number of rotatable bonds is 19. The third-order valence-electron chi connectivity index (χ3n) is 8.25. The second-order valence-corrected chi connectivity index (χ2v) is 13.3. The zero-order chi connectivity index (χ0) is 35.1. The Labute approximate surface area is 281 Å². The predicted molar refractivity (Wildman–Crippen MR) is 186 cm³/mol. The van der Waals surface area contributed by atoms with Crippen LogP contribution in [0.4, 0.5) is 0 Å². The van der Waals surface area contributed by atoms with Crippen LogP contribution in [0.15, 0.2) is 52.8 Å². The number of amides is 3. The molecule has 1 aliphatic carbocycles. The summed E-state index contributed by atoms with van der Waals surface area (Å²) in [6.07, 6.45) is 9.53. The highest BCUT2D eigenvalue weighted by molar-refractivity contribution is 6.03. The number of pyridine rings is 1. The second-order valence-electron chi connectivity index (χ2n) is 13.3. The molecule has 1 unspecified atom stereocenters. The van der Waals surface area contributed by atoms with Gasteiger partial charge in [0.15, 0.2) is 5.78 Å². The topological polar surface area (TPSA) is 163 Å². The van der Waals surface area contributed by atoms with Gasteiger partial charge in [-0.15, -0.1) is 0 Å². The van der Waals surface area contributed by atoms with Crippen molar-refractivity contribution in [3.8, 4) is 0 Å². The largest absolute Gasteiger partial charge is 0.386 e. The molecule has 260 valence electrons. The van der Waals surface area contributed by atoms with E-state index in [2.05, 4.69) is 20.6 Å². The number of hydrogen-bond donors (Lipinski definition) is 4. The van der Waals surface area contributed by atoms with E-state index in [0.29, 0.717) is 49.5 Å². The van der Waals surface area contributed by atoms with Crippen molar-refractivity contribution in [3.63, 3.8) is 0 Å². The fourth-order valence-corrected chi connectivity index (χ4v) is 5.57. The zero-order valence-electron chi connectivity index (χ0n) is 29.7. The highest BCUT2D eigenvalue weighted by Gasteiger charge is 2.31. The maximum absolute atomic E-state index is 13.6. The average molecular weight is 653 g/mol. The van der Waals surface area contributed by atoms with Gasteiger partial charge in [-0.2, -0.15) is 0 Å². The first-order chi connectivity index (χ1) is 22.3. The fourth-order valence-electron chi connectivity index (χ4n) is 5.57. The van der Waals surface area contributed by atoms with E-state index in [9.17, 15) is 19.2 Å². The van der Waals surface area contributed by atoms with Crippen LogP contribution in [0.2, 0.25) is 0 Å². The molecule has 1 aromatic rings. The van der Waals surface area contributed by atoms with Gasteiger partial charge in [-0.1, -0.05) is 48.5 Å². The number of aromatic nitrogens is 1. The summed E-state index contributed by atoms with van der Waals surface area (Å²) >= 11 is 0. The summed E-state index contributed by atoms with van der Waals surface area (Å²) in [5.41, 5.74) is 8.24. The van der Waals surface area contributed by atoms with Crippen LogP contribution in [0.5, 0.6) is 0 Å². The van der Waals surface area contributed by atoms with Crippen LogP contribution in [-0.4, -0.2) is 77.5 Å². The van der Waals surface area contributed by atoms with Crippen molar-refractivity contribution in [1.29, 1.82) is 0 Å². The molecule has 47 heavy (non-hydrogen) atoms. The van der Waals surface area contributed by atoms with Crippen LogP contribution in [0.3, 0.4) is 0 Å². The minimum Gasteiger partial charge on any atom is -0.386 e. The fraction of sp³-hybridized carbons (Fsp3) is 0.611. The maximum atomic E-state index is 13.6. The summed E-state index contributed by atoms with van der Waals surface area (Å²) in [6.45, 7) is 15.3. The lowest BCUT2D eigenvalue weighted by molar-refractivity contribution is -0.652. The number of likely N-dealkylation sites (N-methyl/N-ethyl adjacent to an activating group) is 1. The van der Waals surface area contributed by atoms with E-state index < -0.39 is 23.9 Å². The van der Waals surface area contributed by atoms with Gasteiger partial charge in [0.2, 0.25) is 11.8 Å². The summed E-state index contributed by atoms with van der Waals surface area (Å²) in [5, 5.41) is 7.90. The highest BCUT2D eigenvalue weighted by atomic mass is 16.2. The number of nitrogens with two attached hydrogens (primary N) is 2. The molecule has 1 aliphatic rings. The number of quaternary nitrogens is 1. The van der Waals surface area contributed by atoms with Gasteiger partial charge in [-0.05, 0) is 60.9 Å². The number of Topliss-reactive ketones (excluding diaryl/α,β-unsaturated/α-hetero) is 1. The molecular formula is C36H58N7O4+. The summed E-state index contributed by atoms with van der Waals surface area (Å²) in [5.74, 6) is -1.20. The molecule has 0 spiro atoms. The minimum atomic E-state index is -0.776. The van der Waals surface area contributed by atoms with Crippen molar-refractivity contribution in [2.75, 3.05) is 20.1 Å². The van der Waals surface area contributed by atoms with E-state index in [1.807, 2.05) is 77.0 Å². The monoisotopic (exact) mass is 652 g/mol. The standard InChI is InChI=1S/C36H57N7O4/c1-9-15-43(16-10-2)36(47)28-19-27(20-29(21-28)38-8)35(46)41-30(17-23(3)4)31(44)18-25(7)34(45)42-32(24(5)6)33(37)40-22-26-11-13-39-14-12-26/h11-14,19-20,23-25,29-30,32,38H,9-10,15-18,21-22H2,1-8H3,(H2,37,40)(H,41,46)(H,42,45)/p+1/t25-,29?,30+,32+/m1/s1. The van der Waals surface area contributed by atoms with Crippen LogP contribution in [0.25, 0.3) is 0 Å². The molecule has 0 radical (unpaired) electrons. The van der Waals surface area contributed by atoms with Gasteiger partial charge >= 0.3 is 0 Å². The molecule has 1 aromatic heterocycles. The van der Waals surface area contributed by atoms with E-state index in [0.717, 1.165) is 18.4 Å². The molecule has 0 saturated heterocycles. The van der Waals surface area contributed by atoms with Gasteiger partial charge in [0.05, 0.1) is 25.7 Å². The summed E-state index contributed by atoms with van der Waals surface area (Å²) in [4.78, 5) is 64.2. The van der Waals surface area contributed by atoms with E-state index in [-0.39, 0.29) is 41.9 Å². The van der Waals surface area contributed by atoms with E-state index in [1.165, 1.54) is 0 Å². The average Bonchev–Trinajstić information content (AvgIpc) is 3.04. The van der Waals surface area contributed by atoms with Crippen molar-refractivity contribution in [2.45, 2.75) is 105 Å². The summed E-state index contributed by atoms with van der Waals surface area (Å²) in [7, 11) is 1.92. The van der Waals surface area contributed by atoms with Crippen molar-refractivity contribution >= 4 is 29.3 Å². The Morgan fingerprint density at radius 1 is 1.04 bits per heavy atom. The number of nitrogens with one attached hydrogen (secondary N) is 2. The Kier molecular flexibility index (Phi) is 16.5. The quantitative estimate of drug-likeness (QED) is 0.133. The smallest absolute Gasteiger partial charge is 0.251 e. The summed E-state index contributed by atoms with van der Waals surface area (Å²) in [6, 6.07) is 2.37. The molecule has 3 amide bonds. The lowest BCUT2D eigenvalue weighted by Gasteiger charge is -2.27. The molecule has 0 bridgehead atoms. The third-order valence-corrected chi connectivity index (χ3v) is 8.25. The molecule has 0 aromatic carbocycles. The number of amidine groups is 1. The lowest BCUT2D eigenvalue weighted by Crippen LogP contribution is -2.86. The molecular weight excluding hydrogens is 594 g/mol. The van der Waals surface area contributed by atoms with Crippen LogP contribution in [-0.2, 0) is 25.7 Å². The molecule has 2 rings (SSSR count). The number of nitrogens with zero attached hydrogens (tertiary/aromatic N) is 3. The number of carbonyl (C=O) groups excluding carboxylic acids is 4. The Morgan fingerprint density at radius 2 is 1.68 bits per heavy atom. The van der Waals surface area contributed by atoms with Crippen LogP contribution < -0.4 is 21.7 Å². The SMILES string of the molecule is CCCN(CCC)C(=O)C1=CC(C(=O)N[C@@H](CC(C)C)C(=O)C[C@@H](C)C(=O)N[C@H](C(N)=NCc2ccncc2)C(C)C)=CC([NH2+]C)C1. The minimum absolute atomic E-state index is 0.0233. The molecule has 1 heterocycles. The highest BCUT2D eigenvalue weighted by Crippen LogP contribution is 2.21. The number of carbonyl (C=O) groups is 4. The van der Waals surface area contributed by atoms with E-state index in [4.69, 9.17) is 5.73 Å². The molecule has 0 aliphatic heterocycles. The first-order valence-corrected chi connectivity index (χ1v) is 17.1. The third kappa shape index (κ3) is 12.7. The number of ketones is 1. The Morgan fingerprint density at radius 3 is 2.23 bits per heavy atom. The van der Waals surface area contributed by atoms with Gasteiger partial charge in [-0.3, -0.25) is 29.2 Å². The number of aliphatic imine (C=N–C) groups is 1. The van der Waals surface area contributed by atoms with Crippen molar-refractivity contribution in [3.05, 3.63) is 53.4 Å². The van der Waals surface area contributed by atoms with Crippen molar-refractivity contribution in [2.24, 2.45) is 28.5 Å². The first kappa shape index (κ1) is 39.3. The van der Waals surface area contributed by atoms with Crippen LogP contribution in [0, 0.1) is 17.8 Å². The first-order valence-electron chi connectivity index (χ1n) is 17.1. The Balaban J connectivity index is 2.16. The van der Waals surface area contributed by atoms with Gasteiger partial charge in [0, 0.05) is 55.4 Å². The zero-order valence-corrected chi connectivity index (χ0v) is 29.7. The van der Waals surface area contributed by atoms with Crippen molar-refractivity contribution in [1.82, 2.24) is 20.5 Å².